The predicted molar refractivity (Wildman–Crippen MR) is 77.4 cm³/mol. The maximum atomic E-state index is 2.38. The van der Waals surface area contributed by atoms with Crippen molar-refractivity contribution in [3.63, 3.8) is 0 Å². The summed E-state index contributed by atoms with van der Waals surface area (Å²) < 4.78 is 0. The monoisotopic (exact) mass is 260 g/mol. The SMILES string of the molecule is CSc1cc(C)cc2c1C(c1cccs1)CC2. The van der Waals surface area contributed by atoms with E-state index in [4.69, 9.17) is 0 Å². The predicted octanol–water partition coefficient (Wildman–Crippen LogP) is 4.86. The van der Waals surface area contributed by atoms with Crippen LogP contribution in [0.25, 0.3) is 0 Å². The van der Waals surface area contributed by atoms with Gasteiger partial charge in [0.15, 0.2) is 0 Å². The fraction of sp³-hybridized carbons (Fsp3) is 0.333. The van der Waals surface area contributed by atoms with Crippen molar-refractivity contribution in [3.05, 3.63) is 51.2 Å². The quantitative estimate of drug-likeness (QED) is 0.695. The number of hydrogen-bond acceptors (Lipinski definition) is 2. The van der Waals surface area contributed by atoms with Crippen LogP contribution >= 0.6 is 23.1 Å². The summed E-state index contributed by atoms with van der Waals surface area (Å²) in [6.45, 7) is 2.21. The van der Waals surface area contributed by atoms with Crippen LogP contribution in [0.4, 0.5) is 0 Å². The molecule has 0 amide bonds. The van der Waals surface area contributed by atoms with E-state index in [-0.39, 0.29) is 0 Å². The highest BCUT2D eigenvalue weighted by Crippen LogP contribution is 2.44. The molecule has 17 heavy (non-hydrogen) atoms. The van der Waals surface area contributed by atoms with Crippen molar-refractivity contribution in [1.82, 2.24) is 0 Å². The van der Waals surface area contributed by atoms with Crippen molar-refractivity contribution in [1.29, 1.82) is 0 Å². The Hall–Kier alpha value is -0.730. The fourth-order valence-corrected chi connectivity index (χ4v) is 4.49. The zero-order chi connectivity index (χ0) is 11.8. The van der Waals surface area contributed by atoms with E-state index < -0.39 is 0 Å². The zero-order valence-corrected chi connectivity index (χ0v) is 11.8. The first kappa shape index (κ1) is 11.4. The third kappa shape index (κ3) is 1.94. The molecule has 1 aliphatic rings. The second-order valence-corrected chi connectivity index (χ2v) is 6.47. The molecule has 0 saturated heterocycles. The van der Waals surface area contributed by atoms with E-state index in [1.807, 2.05) is 23.1 Å². The maximum absolute atomic E-state index is 2.38. The highest BCUT2D eigenvalue weighted by molar-refractivity contribution is 7.98. The van der Waals surface area contributed by atoms with Crippen LogP contribution in [-0.2, 0) is 6.42 Å². The molecule has 1 aliphatic carbocycles. The Morgan fingerprint density at radius 3 is 2.94 bits per heavy atom. The minimum absolute atomic E-state index is 0.646. The third-order valence-corrected chi connectivity index (χ3v) is 5.29. The van der Waals surface area contributed by atoms with Crippen LogP contribution in [0.2, 0.25) is 0 Å². The molecular formula is C15H16S2. The van der Waals surface area contributed by atoms with Crippen molar-refractivity contribution in [3.8, 4) is 0 Å². The highest BCUT2D eigenvalue weighted by atomic mass is 32.2. The van der Waals surface area contributed by atoms with Crippen LogP contribution in [0.3, 0.4) is 0 Å². The summed E-state index contributed by atoms with van der Waals surface area (Å²) in [5.74, 6) is 0.646. The number of rotatable bonds is 2. The van der Waals surface area contributed by atoms with E-state index in [1.54, 1.807) is 11.1 Å². The number of hydrogen-bond donors (Lipinski definition) is 0. The molecular weight excluding hydrogens is 244 g/mol. The van der Waals surface area contributed by atoms with Crippen LogP contribution < -0.4 is 0 Å². The molecule has 2 aromatic rings. The number of benzene rings is 1. The average Bonchev–Trinajstić information content (AvgIpc) is 2.94. The van der Waals surface area contributed by atoms with Crippen molar-refractivity contribution in [2.45, 2.75) is 30.6 Å². The van der Waals surface area contributed by atoms with Gasteiger partial charge in [-0.1, -0.05) is 12.1 Å². The smallest absolute Gasteiger partial charge is 0.0200 e. The maximum Gasteiger partial charge on any atom is 0.0200 e. The molecule has 0 N–H and O–H groups in total. The molecule has 1 atom stereocenters. The minimum Gasteiger partial charge on any atom is -0.148 e. The molecule has 1 aromatic carbocycles. The molecule has 0 nitrogen and oxygen atoms in total. The summed E-state index contributed by atoms with van der Waals surface area (Å²) in [6.07, 6.45) is 4.72. The largest absolute Gasteiger partial charge is 0.148 e. The van der Waals surface area contributed by atoms with E-state index in [1.165, 1.54) is 28.2 Å². The van der Waals surface area contributed by atoms with Gasteiger partial charge >= 0.3 is 0 Å². The normalized spacial score (nSPS) is 18.4. The Labute approximate surface area is 111 Å². The number of thiophene rings is 1. The summed E-state index contributed by atoms with van der Waals surface area (Å²) in [6, 6.07) is 9.18. The van der Waals surface area contributed by atoms with Crippen molar-refractivity contribution in [2.24, 2.45) is 0 Å². The summed E-state index contributed by atoms with van der Waals surface area (Å²) in [4.78, 5) is 3.01. The van der Waals surface area contributed by atoms with Gasteiger partial charge in [0.05, 0.1) is 0 Å². The minimum atomic E-state index is 0.646. The van der Waals surface area contributed by atoms with Crippen molar-refractivity contribution < 1.29 is 0 Å². The first-order valence-corrected chi connectivity index (χ1v) is 8.11. The van der Waals surface area contributed by atoms with Gasteiger partial charge in [0, 0.05) is 15.7 Å². The topological polar surface area (TPSA) is 0 Å². The van der Waals surface area contributed by atoms with E-state index in [9.17, 15) is 0 Å². The molecule has 0 saturated carbocycles. The van der Waals surface area contributed by atoms with Crippen LogP contribution in [0, 0.1) is 6.92 Å². The van der Waals surface area contributed by atoms with Crippen molar-refractivity contribution >= 4 is 23.1 Å². The lowest BCUT2D eigenvalue weighted by atomic mass is 9.98. The van der Waals surface area contributed by atoms with Gasteiger partial charge in [-0.3, -0.25) is 0 Å². The average molecular weight is 260 g/mol. The zero-order valence-electron chi connectivity index (χ0n) is 10.2. The second-order valence-electron chi connectivity index (χ2n) is 4.65. The summed E-state index contributed by atoms with van der Waals surface area (Å²) in [5.41, 5.74) is 4.58. The van der Waals surface area contributed by atoms with Gasteiger partial charge in [-0.05, 0) is 60.2 Å². The second kappa shape index (κ2) is 4.51. The molecule has 0 aliphatic heterocycles. The van der Waals surface area contributed by atoms with Gasteiger partial charge in [0.1, 0.15) is 0 Å². The van der Waals surface area contributed by atoms with Crippen LogP contribution in [0.5, 0.6) is 0 Å². The third-order valence-electron chi connectivity index (χ3n) is 3.53. The standard InChI is InChI=1S/C15H16S2/c1-10-8-11-5-6-12(13-4-3-7-17-13)15(11)14(9-10)16-2/h3-4,7-9,12H,5-6H2,1-2H3. The highest BCUT2D eigenvalue weighted by Gasteiger charge is 2.27. The van der Waals surface area contributed by atoms with Gasteiger partial charge in [0.25, 0.3) is 0 Å². The first-order valence-electron chi connectivity index (χ1n) is 6.00. The van der Waals surface area contributed by atoms with Gasteiger partial charge in [-0.2, -0.15) is 0 Å². The molecule has 1 unspecified atom stereocenters. The van der Waals surface area contributed by atoms with E-state index >= 15 is 0 Å². The molecule has 0 radical (unpaired) electrons. The van der Waals surface area contributed by atoms with E-state index in [0.29, 0.717) is 5.92 Å². The molecule has 88 valence electrons. The van der Waals surface area contributed by atoms with E-state index in [0.717, 1.165) is 0 Å². The van der Waals surface area contributed by atoms with Crippen molar-refractivity contribution in [2.75, 3.05) is 6.26 Å². The van der Waals surface area contributed by atoms with Gasteiger partial charge in [-0.15, -0.1) is 23.1 Å². The summed E-state index contributed by atoms with van der Waals surface area (Å²) >= 11 is 3.79. The molecule has 3 rings (SSSR count). The lowest BCUT2D eigenvalue weighted by Crippen LogP contribution is -1.96. The summed E-state index contributed by atoms with van der Waals surface area (Å²) in [7, 11) is 0. The number of aryl methyl sites for hydroxylation is 2. The fourth-order valence-electron chi connectivity index (χ4n) is 2.83. The molecule has 2 heteroatoms. The van der Waals surface area contributed by atoms with Crippen LogP contribution in [0.1, 0.15) is 33.9 Å². The van der Waals surface area contributed by atoms with Gasteiger partial charge in [0.2, 0.25) is 0 Å². The molecule has 1 aromatic heterocycles. The molecule has 0 fully saturated rings. The molecule has 0 spiro atoms. The lowest BCUT2D eigenvalue weighted by molar-refractivity contribution is 0.794. The van der Waals surface area contributed by atoms with E-state index in [2.05, 4.69) is 42.8 Å². The Morgan fingerprint density at radius 2 is 2.24 bits per heavy atom. The Morgan fingerprint density at radius 1 is 1.35 bits per heavy atom. The first-order chi connectivity index (χ1) is 8.29. The molecule has 0 bridgehead atoms. The van der Waals surface area contributed by atoms with Crippen LogP contribution in [0.15, 0.2) is 34.5 Å². The summed E-state index contributed by atoms with van der Waals surface area (Å²) in [5, 5.41) is 2.19. The molecule has 1 heterocycles. The number of fused-ring (bicyclic) bond motifs is 1. The Balaban J connectivity index is 2.12. The van der Waals surface area contributed by atoms with Gasteiger partial charge in [-0.25, -0.2) is 0 Å². The lowest BCUT2D eigenvalue weighted by Gasteiger charge is -2.14. The van der Waals surface area contributed by atoms with Crippen LogP contribution in [-0.4, -0.2) is 6.26 Å². The Kier molecular flexibility index (Phi) is 3.01. The Bertz CT molecular complexity index is 526. The number of thioether (sulfide) groups is 1. The van der Waals surface area contributed by atoms with Gasteiger partial charge < -0.3 is 0 Å².